The average Bonchev–Trinajstić information content (AvgIpc) is 3.44. The lowest BCUT2D eigenvalue weighted by molar-refractivity contribution is -0.159. The number of urea groups is 2. The van der Waals surface area contributed by atoms with Crippen LogP contribution in [0.5, 0.6) is 0 Å². The second kappa shape index (κ2) is 8.87. The van der Waals surface area contributed by atoms with Crippen molar-refractivity contribution in [1.82, 2.24) is 15.1 Å². The van der Waals surface area contributed by atoms with Gasteiger partial charge in [0.2, 0.25) is 11.8 Å². The third-order valence-electron chi connectivity index (χ3n) is 8.36. The summed E-state index contributed by atoms with van der Waals surface area (Å²) >= 11 is 0. The molecule has 2 aromatic rings. The van der Waals surface area contributed by atoms with Crippen LogP contribution in [0.3, 0.4) is 0 Å². The molecule has 6 rings (SSSR count). The van der Waals surface area contributed by atoms with Gasteiger partial charge in [0.05, 0.1) is 11.7 Å². The molecular weight excluding hydrogens is 514 g/mol. The fourth-order valence-corrected chi connectivity index (χ4v) is 6.38. The van der Waals surface area contributed by atoms with E-state index >= 15 is 0 Å². The van der Waals surface area contributed by atoms with Crippen LogP contribution >= 0.6 is 0 Å². The summed E-state index contributed by atoms with van der Waals surface area (Å²) < 4.78 is 0. The summed E-state index contributed by atoms with van der Waals surface area (Å²) in [4.78, 5) is 83.3. The summed E-state index contributed by atoms with van der Waals surface area (Å²) in [6, 6.07) is 10.3. The SMILES string of the molecule is Cc1ccc(N2C(=O)NC(=O)/C(=C\c3ccc4c(c3)CC3(C(=O)N(C)C(=O)N(C)C3=O)[C@@H]3CCCN43)C2=O)cc1. The first-order valence-electron chi connectivity index (χ1n) is 13.0. The highest BCUT2D eigenvalue weighted by molar-refractivity contribution is 6.39. The number of barbiturate groups is 2. The Hall–Kier alpha value is -4.80. The Bertz CT molecular complexity index is 1540. The number of hydrogen-bond donors (Lipinski definition) is 1. The number of hydrogen-bond acceptors (Lipinski definition) is 7. The number of nitrogens with one attached hydrogen (secondary N) is 1. The van der Waals surface area contributed by atoms with Crippen LogP contribution in [0.1, 0.15) is 29.5 Å². The third kappa shape index (κ3) is 3.50. The van der Waals surface area contributed by atoms with Gasteiger partial charge >= 0.3 is 12.1 Å². The monoisotopic (exact) mass is 541 g/mol. The van der Waals surface area contributed by atoms with Gasteiger partial charge in [-0.15, -0.1) is 0 Å². The zero-order chi connectivity index (χ0) is 28.5. The minimum absolute atomic E-state index is 0.0776. The van der Waals surface area contributed by atoms with E-state index in [0.29, 0.717) is 29.8 Å². The van der Waals surface area contributed by atoms with Crippen molar-refractivity contribution in [3.63, 3.8) is 0 Å². The molecule has 3 saturated heterocycles. The van der Waals surface area contributed by atoms with E-state index in [-0.39, 0.29) is 18.0 Å². The van der Waals surface area contributed by atoms with E-state index in [9.17, 15) is 28.8 Å². The van der Waals surface area contributed by atoms with Crippen molar-refractivity contribution in [2.75, 3.05) is 30.4 Å². The van der Waals surface area contributed by atoms with Gasteiger partial charge in [-0.2, -0.15) is 0 Å². The van der Waals surface area contributed by atoms with Gasteiger partial charge in [-0.1, -0.05) is 23.8 Å². The largest absolute Gasteiger partial charge is 0.367 e. The Morgan fingerprint density at radius 3 is 2.27 bits per heavy atom. The highest BCUT2D eigenvalue weighted by Crippen LogP contribution is 2.49. The van der Waals surface area contributed by atoms with E-state index in [1.165, 1.54) is 20.2 Å². The lowest BCUT2D eigenvalue weighted by Crippen LogP contribution is -2.70. The van der Waals surface area contributed by atoms with Crippen LogP contribution in [0.4, 0.5) is 21.0 Å². The molecule has 4 heterocycles. The first-order valence-corrected chi connectivity index (χ1v) is 13.0. The molecular formula is C29H27N5O6. The smallest absolute Gasteiger partial charge is 0.335 e. The number of imide groups is 4. The molecule has 0 radical (unpaired) electrons. The third-order valence-corrected chi connectivity index (χ3v) is 8.36. The summed E-state index contributed by atoms with van der Waals surface area (Å²) in [6.07, 6.45) is 2.90. The number of fused-ring (bicyclic) bond motifs is 4. The molecule has 0 bridgehead atoms. The molecule has 2 aromatic carbocycles. The van der Waals surface area contributed by atoms with Gasteiger partial charge in [-0.05, 0) is 67.7 Å². The standard InChI is InChI=1S/C29H27N5O6/c1-16-6-9-19(10-7-16)34-24(36)20(23(35)30-27(34)39)14-17-8-11-21-18(13-17)15-29(22-5-4-12-33(21)22)25(37)31(2)28(40)32(3)26(29)38/h6-11,13-14,22H,4-5,12,15H2,1-3H3,(H,30,35,39)/b20-14+/t22-/m0/s1. The van der Waals surface area contributed by atoms with E-state index in [0.717, 1.165) is 32.4 Å². The number of carbonyl (C=O) groups excluding carboxylic acids is 6. The molecule has 4 aliphatic rings. The minimum atomic E-state index is -1.46. The Kier molecular flexibility index (Phi) is 5.65. The van der Waals surface area contributed by atoms with Gasteiger partial charge in [-0.25, -0.2) is 14.5 Å². The van der Waals surface area contributed by atoms with Crippen molar-refractivity contribution in [3.8, 4) is 0 Å². The molecule has 11 nitrogen and oxygen atoms in total. The molecule has 11 heteroatoms. The van der Waals surface area contributed by atoms with Gasteiger partial charge in [0.1, 0.15) is 5.57 Å². The summed E-state index contributed by atoms with van der Waals surface area (Å²) in [5.41, 5.74) is 1.66. The van der Waals surface area contributed by atoms with Gasteiger partial charge in [0.25, 0.3) is 11.8 Å². The van der Waals surface area contributed by atoms with E-state index in [1.54, 1.807) is 36.4 Å². The molecule has 8 amide bonds. The van der Waals surface area contributed by atoms with Crippen molar-refractivity contribution in [3.05, 3.63) is 64.7 Å². The fourth-order valence-electron chi connectivity index (χ4n) is 6.38. The zero-order valence-corrected chi connectivity index (χ0v) is 22.3. The van der Waals surface area contributed by atoms with Crippen LogP contribution in [0, 0.1) is 12.3 Å². The van der Waals surface area contributed by atoms with Crippen molar-refractivity contribution in [2.45, 2.75) is 32.2 Å². The number of aryl methyl sites for hydroxylation is 1. The van der Waals surface area contributed by atoms with Crippen molar-refractivity contribution in [1.29, 1.82) is 0 Å². The minimum Gasteiger partial charge on any atom is -0.367 e. The van der Waals surface area contributed by atoms with E-state index in [2.05, 4.69) is 10.2 Å². The van der Waals surface area contributed by atoms with Crippen LogP contribution < -0.4 is 15.1 Å². The number of carbonyl (C=O) groups is 6. The summed E-state index contributed by atoms with van der Waals surface area (Å²) in [5.74, 6) is -2.63. The maximum absolute atomic E-state index is 13.6. The van der Waals surface area contributed by atoms with Crippen LogP contribution in [0.2, 0.25) is 0 Å². The summed E-state index contributed by atoms with van der Waals surface area (Å²) in [6.45, 7) is 2.53. The molecule has 1 atom stereocenters. The van der Waals surface area contributed by atoms with E-state index in [1.807, 2.05) is 13.0 Å². The molecule has 3 fully saturated rings. The zero-order valence-electron chi connectivity index (χ0n) is 22.3. The van der Waals surface area contributed by atoms with Gasteiger partial charge in [-0.3, -0.25) is 34.3 Å². The summed E-state index contributed by atoms with van der Waals surface area (Å²) in [7, 11) is 2.78. The highest BCUT2D eigenvalue weighted by Gasteiger charge is 2.63. The summed E-state index contributed by atoms with van der Waals surface area (Å²) in [5, 5.41) is 2.23. The predicted molar refractivity (Wildman–Crippen MR) is 144 cm³/mol. The molecule has 204 valence electrons. The second-order valence-electron chi connectivity index (χ2n) is 10.7. The normalized spacial score (nSPS) is 23.3. The quantitative estimate of drug-likeness (QED) is 0.351. The number of benzene rings is 2. The topological polar surface area (TPSA) is 127 Å². The second-order valence-corrected chi connectivity index (χ2v) is 10.7. The predicted octanol–water partition coefficient (Wildman–Crippen LogP) is 2.22. The Morgan fingerprint density at radius 2 is 1.60 bits per heavy atom. The van der Waals surface area contributed by atoms with E-state index in [4.69, 9.17) is 0 Å². The van der Waals surface area contributed by atoms with Crippen molar-refractivity contribution in [2.24, 2.45) is 5.41 Å². The molecule has 4 aliphatic heterocycles. The van der Waals surface area contributed by atoms with Crippen LogP contribution in [-0.4, -0.2) is 72.2 Å². The first-order chi connectivity index (χ1) is 19.0. The molecule has 0 aromatic heterocycles. The average molecular weight is 542 g/mol. The lowest BCUT2D eigenvalue weighted by atomic mass is 9.68. The molecule has 1 spiro atoms. The lowest BCUT2D eigenvalue weighted by Gasteiger charge is -2.50. The highest BCUT2D eigenvalue weighted by atomic mass is 16.2. The van der Waals surface area contributed by atoms with Crippen LogP contribution in [-0.2, 0) is 25.6 Å². The first kappa shape index (κ1) is 25.5. The van der Waals surface area contributed by atoms with Gasteiger partial charge < -0.3 is 4.90 Å². The van der Waals surface area contributed by atoms with Gasteiger partial charge in [0.15, 0.2) is 5.41 Å². The van der Waals surface area contributed by atoms with E-state index < -0.39 is 41.1 Å². The van der Waals surface area contributed by atoms with Crippen molar-refractivity contribution >= 4 is 53.1 Å². The molecule has 1 N–H and O–H groups in total. The van der Waals surface area contributed by atoms with Crippen molar-refractivity contribution < 1.29 is 28.8 Å². The maximum atomic E-state index is 13.6. The molecule has 0 unspecified atom stereocenters. The Labute approximate surface area is 230 Å². The molecule has 0 saturated carbocycles. The number of anilines is 2. The van der Waals surface area contributed by atoms with Gasteiger partial charge in [0, 0.05) is 26.3 Å². The number of amides is 8. The fraction of sp³-hybridized carbons (Fsp3) is 0.310. The Balaban J connectivity index is 1.40. The van der Waals surface area contributed by atoms with Crippen LogP contribution in [0.25, 0.3) is 6.08 Å². The maximum Gasteiger partial charge on any atom is 0.335 e. The van der Waals surface area contributed by atoms with Crippen LogP contribution in [0.15, 0.2) is 48.0 Å². The number of rotatable bonds is 2. The number of nitrogens with zero attached hydrogens (tertiary/aromatic N) is 4. The Morgan fingerprint density at radius 1 is 0.925 bits per heavy atom. The molecule has 0 aliphatic carbocycles. The molecule has 40 heavy (non-hydrogen) atoms.